The number of benzene rings is 1. The number of nitrogens with zero attached hydrogens (tertiary/aromatic N) is 1. The van der Waals surface area contributed by atoms with Crippen molar-refractivity contribution < 1.29 is 9.53 Å². The average molecular weight is 412 g/mol. The molecule has 2 rings (SSSR count). The lowest BCUT2D eigenvalue weighted by atomic mass is 10.1. The summed E-state index contributed by atoms with van der Waals surface area (Å²) in [5.74, 6) is -0.00356. The molecule has 0 aromatic heterocycles. The number of halogens is 3. The van der Waals surface area contributed by atoms with Crippen molar-refractivity contribution in [2.75, 3.05) is 18.5 Å². The summed E-state index contributed by atoms with van der Waals surface area (Å²) < 4.78 is 6.41. The van der Waals surface area contributed by atoms with Crippen LogP contribution in [0, 0.1) is 0 Å². The minimum absolute atomic E-state index is 0.00356. The lowest BCUT2D eigenvalue weighted by Gasteiger charge is -2.37. The highest BCUT2D eigenvalue weighted by molar-refractivity contribution is 9.10. The molecule has 1 aromatic carbocycles. The van der Waals surface area contributed by atoms with Crippen molar-refractivity contribution >= 4 is 49.4 Å². The quantitative estimate of drug-likeness (QED) is 0.694. The van der Waals surface area contributed by atoms with Gasteiger partial charge in [0.05, 0.1) is 23.8 Å². The van der Waals surface area contributed by atoms with Gasteiger partial charge in [0.1, 0.15) is 0 Å². The number of alkyl halides is 1. The topological polar surface area (TPSA) is 29.5 Å². The van der Waals surface area contributed by atoms with E-state index >= 15 is 0 Å². The number of carbonyl (C=O) groups excluding carboxylic acids is 1. The highest BCUT2D eigenvalue weighted by Gasteiger charge is 2.29. The molecular weight excluding hydrogens is 397 g/mol. The molecule has 0 spiro atoms. The van der Waals surface area contributed by atoms with Crippen molar-refractivity contribution in [1.29, 1.82) is 0 Å². The zero-order valence-electron chi connectivity index (χ0n) is 10.4. The fourth-order valence-electron chi connectivity index (χ4n) is 1.99. The Labute approximate surface area is 134 Å². The van der Waals surface area contributed by atoms with Crippen LogP contribution in [0.5, 0.6) is 0 Å². The molecule has 0 N–H and O–H groups in total. The van der Waals surface area contributed by atoms with Gasteiger partial charge in [0.15, 0.2) is 0 Å². The zero-order valence-corrected chi connectivity index (χ0v) is 14.3. The van der Waals surface area contributed by atoms with Gasteiger partial charge in [0, 0.05) is 21.9 Å². The van der Waals surface area contributed by atoms with Gasteiger partial charge in [-0.15, -0.1) is 0 Å². The van der Waals surface area contributed by atoms with Crippen LogP contribution in [0.15, 0.2) is 22.7 Å². The number of morpholine rings is 1. The summed E-state index contributed by atoms with van der Waals surface area (Å²) in [6.07, 6.45) is 0.0473. The molecule has 19 heavy (non-hydrogen) atoms. The van der Waals surface area contributed by atoms with E-state index in [1.165, 1.54) is 0 Å². The predicted octanol–water partition coefficient (Wildman–Crippen LogP) is 3.73. The molecule has 1 aliphatic heterocycles. The lowest BCUT2D eigenvalue weighted by molar-refractivity contribution is -0.0361. The van der Waals surface area contributed by atoms with E-state index in [0.717, 1.165) is 9.80 Å². The van der Waals surface area contributed by atoms with Crippen LogP contribution in [-0.4, -0.2) is 41.4 Å². The summed E-state index contributed by atoms with van der Waals surface area (Å²) in [6, 6.07) is 5.34. The highest BCUT2D eigenvalue weighted by atomic mass is 79.9. The van der Waals surface area contributed by atoms with Gasteiger partial charge < -0.3 is 9.64 Å². The summed E-state index contributed by atoms with van der Waals surface area (Å²) in [5.41, 5.74) is 0.607. The van der Waals surface area contributed by atoms with E-state index in [-0.39, 0.29) is 18.1 Å². The first-order valence-corrected chi connectivity index (χ1v) is 8.25. The molecule has 3 nitrogen and oxygen atoms in total. The van der Waals surface area contributed by atoms with Crippen molar-refractivity contribution in [2.24, 2.45) is 0 Å². The van der Waals surface area contributed by atoms with Crippen molar-refractivity contribution in [3.63, 3.8) is 0 Å². The monoisotopic (exact) mass is 409 g/mol. The van der Waals surface area contributed by atoms with Gasteiger partial charge in [-0.25, -0.2) is 0 Å². The molecule has 1 aliphatic rings. The van der Waals surface area contributed by atoms with Crippen LogP contribution in [-0.2, 0) is 4.74 Å². The van der Waals surface area contributed by atoms with E-state index in [4.69, 9.17) is 16.3 Å². The van der Waals surface area contributed by atoms with Crippen molar-refractivity contribution in [3.05, 3.63) is 33.3 Å². The van der Waals surface area contributed by atoms with Crippen molar-refractivity contribution in [3.8, 4) is 0 Å². The third-order valence-electron chi connectivity index (χ3n) is 3.11. The van der Waals surface area contributed by atoms with Gasteiger partial charge in [-0.3, -0.25) is 4.79 Å². The molecule has 0 aliphatic carbocycles. The maximum absolute atomic E-state index is 12.5. The summed E-state index contributed by atoms with van der Waals surface area (Å²) >= 11 is 12.8. The number of hydrogen-bond donors (Lipinski definition) is 0. The Morgan fingerprint density at radius 3 is 2.95 bits per heavy atom. The van der Waals surface area contributed by atoms with Crippen LogP contribution in [0.1, 0.15) is 17.3 Å². The fraction of sp³-hybridized carbons (Fsp3) is 0.462. The molecule has 1 saturated heterocycles. The Bertz CT molecular complexity index is 484. The number of rotatable bonds is 2. The second-order valence-corrected chi connectivity index (χ2v) is 6.45. The first kappa shape index (κ1) is 15.3. The minimum atomic E-state index is -0.00356. The number of amides is 1. The lowest BCUT2D eigenvalue weighted by Crippen LogP contribution is -2.51. The van der Waals surface area contributed by atoms with Gasteiger partial charge in [0.2, 0.25) is 0 Å². The van der Waals surface area contributed by atoms with Gasteiger partial charge in [-0.2, -0.15) is 0 Å². The molecule has 2 unspecified atom stereocenters. The van der Waals surface area contributed by atoms with Crippen molar-refractivity contribution in [1.82, 2.24) is 4.90 Å². The summed E-state index contributed by atoms with van der Waals surface area (Å²) in [6.45, 7) is 3.15. The molecule has 1 amide bonds. The Hall–Kier alpha value is -0.100. The van der Waals surface area contributed by atoms with Crippen LogP contribution < -0.4 is 0 Å². The maximum Gasteiger partial charge on any atom is 0.254 e. The van der Waals surface area contributed by atoms with Gasteiger partial charge in [0.25, 0.3) is 5.91 Å². The van der Waals surface area contributed by atoms with Crippen LogP contribution in [0.2, 0.25) is 5.02 Å². The molecule has 1 aromatic rings. The smallest absolute Gasteiger partial charge is 0.254 e. The first-order valence-electron chi connectivity index (χ1n) is 5.96. The Morgan fingerprint density at radius 2 is 2.32 bits per heavy atom. The molecule has 1 fully saturated rings. The van der Waals surface area contributed by atoms with Crippen LogP contribution in [0.3, 0.4) is 0 Å². The third kappa shape index (κ3) is 3.51. The summed E-state index contributed by atoms with van der Waals surface area (Å²) in [5, 5.41) is 1.27. The van der Waals surface area contributed by atoms with Crippen molar-refractivity contribution in [2.45, 2.75) is 19.1 Å². The van der Waals surface area contributed by atoms with Gasteiger partial charge in [-0.05, 0) is 41.1 Å². The SMILES string of the molecule is CC1COC(CBr)CN1C(=O)c1ccc(Br)c(Cl)c1. The Balaban J connectivity index is 2.19. The molecule has 0 bridgehead atoms. The second kappa shape index (κ2) is 6.57. The normalized spacial score (nSPS) is 23.5. The molecule has 0 radical (unpaired) electrons. The van der Waals surface area contributed by atoms with Gasteiger partial charge in [-0.1, -0.05) is 27.5 Å². The highest BCUT2D eigenvalue weighted by Crippen LogP contribution is 2.25. The first-order chi connectivity index (χ1) is 9.02. The van der Waals surface area contributed by atoms with Crippen LogP contribution in [0.25, 0.3) is 0 Å². The third-order valence-corrected chi connectivity index (χ3v) is 5.06. The largest absolute Gasteiger partial charge is 0.373 e. The molecule has 104 valence electrons. The molecule has 2 atom stereocenters. The zero-order chi connectivity index (χ0) is 14.0. The number of carbonyl (C=O) groups is 1. The van der Waals surface area contributed by atoms with E-state index in [1.807, 2.05) is 11.8 Å². The molecule has 6 heteroatoms. The Kier molecular flexibility index (Phi) is 5.29. The van der Waals surface area contributed by atoms with E-state index in [2.05, 4.69) is 31.9 Å². The molecule has 0 saturated carbocycles. The van der Waals surface area contributed by atoms with E-state index in [0.29, 0.717) is 23.7 Å². The predicted molar refractivity (Wildman–Crippen MR) is 83.2 cm³/mol. The summed E-state index contributed by atoms with van der Waals surface area (Å²) in [4.78, 5) is 14.4. The standard InChI is InChI=1S/C13H14Br2ClNO2/c1-8-7-19-10(5-14)6-17(8)13(18)9-2-3-11(15)12(16)4-9/h2-4,8,10H,5-7H2,1H3. The maximum atomic E-state index is 12.5. The van der Waals surface area contributed by atoms with E-state index in [1.54, 1.807) is 18.2 Å². The van der Waals surface area contributed by atoms with Crippen LogP contribution >= 0.6 is 43.5 Å². The molecular formula is C13H14Br2ClNO2. The van der Waals surface area contributed by atoms with Crippen LogP contribution in [0.4, 0.5) is 0 Å². The van der Waals surface area contributed by atoms with E-state index < -0.39 is 0 Å². The average Bonchev–Trinajstić information content (AvgIpc) is 2.41. The number of hydrogen-bond acceptors (Lipinski definition) is 2. The minimum Gasteiger partial charge on any atom is -0.373 e. The number of ether oxygens (including phenoxy) is 1. The summed E-state index contributed by atoms with van der Waals surface area (Å²) in [7, 11) is 0. The fourth-order valence-corrected chi connectivity index (χ4v) is 2.81. The molecule has 1 heterocycles. The second-order valence-electron chi connectivity index (χ2n) is 4.55. The van der Waals surface area contributed by atoms with Gasteiger partial charge >= 0.3 is 0 Å². The Morgan fingerprint density at radius 1 is 1.58 bits per heavy atom. The van der Waals surface area contributed by atoms with E-state index in [9.17, 15) is 4.79 Å².